The Bertz CT molecular complexity index is 375. The molecule has 0 spiro atoms. The zero-order valence-electron chi connectivity index (χ0n) is 10.7. The van der Waals surface area contributed by atoms with Gasteiger partial charge in [-0.2, -0.15) is 5.10 Å². The molecule has 0 amide bonds. The van der Waals surface area contributed by atoms with Gasteiger partial charge in [-0.1, -0.05) is 0 Å². The Morgan fingerprint density at radius 1 is 1.56 bits per heavy atom. The average Bonchev–Trinajstić information content (AvgIpc) is 2.43. The average molecular weight is 243 g/mol. The third-order valence-corrected chi connectivity index (χ3v) is 3.51. The Kier molecular flexibility index (Phi) is 4.68. The van der Waals surface area contributed by atoms with Gasteiger partial charge in [-0.15, -0.1) is 0 Å². The van der Waals surface area contributed by atoms with E-state index in [1.807, 2.05) is 24.9 Å². The summed E-state index contributed by atoms with van der Waals surface area (Å²) in [7, 11) is 1.17. The standard InChI is InChI=1S/C11H21N3OS/c1-8(7-16(5)15)12-9(2)11-6-14(4)13-10(11)3/h6,8-9,12H,7H2,1-5H3. The molecule has 1 heterocycles. The van der Waals surface area contributed by atoms with Crippen LogP contribution in [-0.2, 0) is 17.8 Å². The Morgan fingerprint density at radius 3 is 2.62 bits per heavy atom. The lowest BCUT2D eigenvalue weighted by molar-refractivity contribution is 0.506. The SMILES string of the molecule is Cc1nn(C)cc1C(C)NC(C)CS(C)=O. The first-order valence-corrected chi connectivity index (χ1v) is 7.19. The molecule has 3 atom stereocenters. The maximum absolute atomic E-state index is 11.1. The molecular weight excluding hydrogens is 222 g/mol. The van der Waals surface area contributed by atoms with Crippen LogP contribution in [0, 0.1) is 6.92 Å². The molecule has 1 aromatic heterocycles. The normalized spacial score (nSPS) is 17.1. The first-order chi connectivity index (χ1) is 7.40. The van der Waals surface area contributed by atoms with Gasteiger partial charge in [0.25, 0.3) is 0 Å². The highest BCUT2D eigenvalue weighted by Crippen LogP contribution is 2.16. The van der Waals surface area contributed by atoms with E-state index in [1.54, 1.807) is 6.26 Å². The molecule has 0 aliphatic rings. The van der Waals surface area contributed by atoms with Crippen molar-refractivity contribution < 1.29 is 4.21 Å². The van der Waals surface area contributed by atoms with Crippen LogP contribution in [0.2, 0.25) is 0 Å². The van der Waals surface area contributed by atoms with Crippen LogP contribution in [0.4, 0.5) is 0 Å². The summed E-state index contributed by atoms with van der Waals surface area (Å²) in [6.07, 6.45) is 3.76. The highest BCUT2D eigenvalue weighted by atomic mass is 32.2. The monoisotopic (exact) mass is 243 g/mol. The van der Waals surface area contributed by atoms with Gasteiger partial charge in [-0.25, -0.2) is 0 Å². The minimum atomic E-state index is -0.752. The van der Waals surface area contributed by atoms with Gasteiger partial charge >= 0.3 is 0 Å². The van der Waals surface area contributed by atoms with E-state index in [4.69, 9.17) is 0 Å². The van der Waals surface area contributed by atoms with Crippen molar-refractivity contribution in [2.24, 2.45) is 7.05 Å². The third kappa shape index (κ3) is 3.72. The second-order valence-electron chi connectivity index (χ2n) is 4.37. The van der Waals surface area contributed by atoms with Crippen molar-refractivity contribution in [2.45, 2.75) is 32.9 Å². The van der Waals surface area contributed by atoms with Crippen LogP contribution in [0.1, 0.15) is 31.1 Å². The van der Waals surface area contributed by atoms with E-state index < -0.39 is 10.8 Å². The molecule has 92 valence electrons. The topological polar surface area (TPSA) is 46.9 Å². The lowest BCUT2D eigenvalue weighted by Gasteiger charge is -2.18. The summed E-state index contributed by atoms with van der Waals surface area (Å²) in [6.45, 7) is 6.18. The molecule has 0 saturated heterocycles. The highest BCUT2D eigenvalue weighted by molar-refractivity contribution is 7.84. The van der Waals surface area contributed by atoms with Crippen LogP contribution < -0.4 is 5.32 Å². The number of rotatable bonds is 5. The van der Waals surface area contributed by atoms with Gasteiger partial charge in [0.15, 0.2) is 0 Å². The van der Waals surface area contributed by atoms with Crippen molar-refractivity contribution in [3.63, 3.8) is 0 Å². The van der Waals surface area contributed by atoms with E-state index in [0.717, 1.165) is 5.69 Å². The summed E-state index contributed by atoms with van der Waals surface area (Å²) in [6, 6.07) is 0.493. The zero-order chi connectivity index (χ0) is 12.3. The van der Waals surface area contributed by atoms with E-state index in [1.165, 1.54) is 5.56 Å². The van der Waals surface area contributed by atoms with Gasteiger partial charge in [-0.3, -0.25) is 8.89 Å². The molecule has 3 unspecified atom stereocenters. The van der Waals surface area contributed by atoms with Gasteiger partial charge in [0.1, 0.15) is 0 Å². The first kappa shape index (κ1) is 13.4. The van der Waals surface area contributed by atoms with Crippen LogP contribution in [0.15, 0.2) is 6.20 Å². The number of aryl methyl sites for hydroxylation is 2. The molecule has 0 aromatic carbocycles. The maximum atomic E-state index is 11.1. The van der Waals surface area contributed by atoms with Crippen molar-refractivity contribution in [3.8, 4) is 0 Å². The van der Waals surface area contributed by atoms with Gasteiger partial charge in [-0.05, 0) is 20.8 Å². The van der Waals surface area contributed by atoms with Gasteiger partial charge < -0.3 is 5.32 Å². The van der Waals surface area contributed by atoms with Crippen molar-refractivity contribution in [2.75, 3.05) is 12.0 Å². The van der Waals surface area contributed by atoms with E-state index >= 15 is 0 Å². The fourth-order valence-electron chi connectivity index (χ4n) is 1.96. The Morgan fingerprint density at radius 2 is 2.19 bits per heavy atom. The highest BCUT2D eigenvalue weighted by Gasteiger charge is 2.14. The van der Waals surface area contributed by atoms with E-state index in [2.05, 4.69) is 24.3 Å². The Balaban J connectivity index is 2.61. The molecule has 0 saturated carbocycles. The van der Waals surface area contributed by atoms with Gasteiger partial charge in [0.2, 0.25) is 0 Å². The predicted octanol–water partition coefficient (Wildman–Crippen LogP) is 1.15. The summed E-state index contributed by atoms with van der Waals surface area (Å²) < 4.78 is 12.9. The van der Waals surface area contributed by atoms with Crippen LogP contribution in [0.25, 0.3) is 0 Å². The smallest absolute Gasteiger partial charge is 0.0641 e. The van der Waals surface area contributed by atoms with Crippen LogP contribution in [-0.4, -0.2) is 32.0 Å². The lowest BCUT2D eigenvalue weighted by atomic mass is 10.1. The van der Waals surface area contributed by atoms with Crippen molar-refractivity contribution >= 4 is 10.8 Å². The summed E-state index contributed by atoms with van der Waals surface area (Å²) in [4.78, 5) is 0. The number of hydrogen-bond acceptors (Lipinski definition) is 3. The van der Waals surface area contributed by atoms with Crippen molar-refractivity contribution in [1.29, 1.82) is 0 Å². The predicted molar refractivity (Wildman–Crippen MR) is 67.9 cm³/mol. The number of nitrogens with one attached hydrogen (secondary N) is 1. The largest absolute Gasteiger partial charge is 0.307 e. The first-order valence-electron chi connectivity index (χ1n) is 5.46. The summed E-state index contributed by atoms with van der Waals surface area (Å²) in [5, 5.41) is 7.75. The maximum Gasteiger partial charge on any atom is 0.0641 e. The Labute approximate surface area is 99.9 Å². The molecule has 0 aliphatic carbocycles. The summed E-state index contributed by atoms with van der Waals surface area (Å²) in [5.74, 6) is 0.684. The minimum Gasteiger partial charge on any atom is -0.307 e. The molecule has 0 aliphatic heterocycles. The molecule has 0 radical (unpaired) electrons. The zero-order valence-corrected chi connectivity index (χ0v) is 11.5. The van der Waals surface area contributed by atoms with E-state index in [9.17, 15) is 4.21 Å². The van der Waals surface area contributed by atoms with E-state index in [0.29, 0.717) is 5.75 Å². The fourth-order valence-corrected chi connectivity index (χ4v) is 2.76. The number of aromatic nitrogens is 2. The van der Waals surface area contributed by atoms with Crippen LogP contribution >= 0.6 is 0 Å². The molecule has 4 nitrogen and oxygen atoms in total. The molecule has 5 heteroatoms. The molecule has 16 heavy (non-hydrogen) atoms. The molecule has 0 fully saturated rings. The van der Waals surface area contributed by atoms with Crippen LogP contribution in [0.5, 0.6) is 0 Å². The molecule has 1 rings (SSSR count). The summed E-state index contributed by atoms with van der Waals surface area (Å²) in [5.41, 5.74) is 2.25. The van der Waals surface area contributed by atoms with Crippen molar-refractivity contribution in [3.05, 3.63) is 17.5 Å². The molecule has 0 bridgehead atoms. The minimum absolute atomic E-state index is 0.243. The molecule has 1 aromatic rings. The van der Waals surface area contributed by atoms with Gasteiger partial charge in [0.05, 0.1) is 5.69 Å². The molecule has 1 N–H and O–H groups in total. The van der Waals surface area contributed by atoms with Gasteiger partial charge in [0, 0.05) is 53.7 Å². The summed E-state index contributed by atoms with van der Waals surface area (Å²) >= 11 is 0. The lowest BCUT2D eigenvalue weighted by Crippen LogP contribution is -2.33. The van der Waals surface area contributed by atoms with Crippen LogP contribution in [0.3, 0.4) is 0 Å². The molecular formula is C11H21N3OS. The fraction of sp³-hybridized carbons (Fsp3) is 0.727. The number of nitrogens with zero attached hydrogens (tertiary/aromatic N) is 2. The third-order valence-electron chi connectivity index (χ3n) is 2.54. The quantitative estimate of drug-likeness (QED) is 0.844. The Hall–Kier alpha value is -0.680. The van der Waals surface area contributed by atoms with Crippen molar-refractivity contribution in [1.82, 2.24) is 15.1 Å². The number of hydrogen-bond donors (Lipinski definition) is 1. The second kappa shape index (κ2) is 5.59. The second-order valence-corrected chi connectivity index (χ2v) is 5.85. The van der Waals surface area contributed by atoms with E-state index in [-0.39, 0.29) is 12.1 Å².